The Morgan fingerprint density at radius 1 is 1.17 bits per heavy atom. The monoisotopic (exact) mass is 431 g/mol. The Morgan fingerprint density at radius 2 is 1.87 bits per heavy atom. The van der Waals surface area contributed by atoms with Crippen LogP contribution in [0.1, 0.15) is 35.3 Å². The van der Waals surface area contributed by atoms with Crippen LogP contribution in [0.15, 0.2) is 47.4 Å². The van der Waals surface area contributed by atoms with E-state index in [1.165, 1.54) is 37.4 Å². The lowest BCUT2D eigenvalue weighted by molar-refractivity contribution is 0.0826. The number of methoxy groups -OCH3 is 1. The van der Waals surface area contributed by atoms with Gasteiger partial charge in [-0.05, 0) is 56.6 Å². The molecule has 0 aromatic heterocycles. The number of ether oxygens (including phenoxy) is 1. The second-order valence-corrected chi connectivity index (χ2v) is 9.86. The van der Waals surface area contributed by atoms with Gasteiger partial charge in [-0.15, -0.1) is 0 Å². The largest absolute Gasteiger partial charge is 0.495 e. The first-order valence-corrected chi connectivity index (χ1v) is 11.4. The maximum absolute atomic E-state index is 12.8. The van der Waals surface area contributed by atoms with Crippen LogP contribution >= 0.6 is 0 Å². The predicted octanol–water partition coefficient (Wildman–Crippen LogP) is 2.17. The molecule has 8 heteroatoms. The molecule has 1 aliphatic rings. The first-order valence-electron chi connectivity index (χ1n) is 9.89. The second kappa shape index (κ2) is 8.75. The topological polar surface area (TPSA) is 87.7 Å². The molecular weight excluding hydrogens is 402 g/mol. The van der Waals surface area contributed by atoms with E-state index in [-0.39, 0.29) is 27.7 Å². The zero-order valence-electron chi connectivity index (χ0n) is 17.9. The van der Waals surface area contributed by atoms with Gasteiger partial charge in [0.1, 0.15) is 10.6 Å². The summed E-state index contributed by atoms with van der Waals surface area (Å²) in [5.41, 5.74) is 2.71. The summed E-state index contributed by atoms with van der Waals surface area (Å²) in [4.78, 5) is 15.1. The molecule has 30 heavy (non-hydrogen) atoms. The third-order valence-corrected chi connectivity index (χ3v) is 7.09. The normalized spacial score (nSPS) is 14.8. The van der Waals surface area contributed by atoms with E-state index >= 15 is 0 Å². The highest BCUT2D eigenvalue weighted by Gasteiger charge is 2.30. The number of fused-ring (bicyclic) bond motifs is 1. The molecule has 0 saturated heterocycles. The maximum Gasteiger partial charge on any atom is 0.251 e. The average Bonchev–Trinajstić information content (AvgIpc) is 2.76. The minimum atomic E-state index is -3.75. The molecule has 3 rings (SSSR count). The number of hydrogen-bond acceptors (Lipinski definition) is 5. The van der Waals surface area contributed by atoms with Crippen LogP contribution in [-0.2, 0) is 23.0 Å². The maximum atomic E-state index is 12.8. The van der Waals surface area contributed by atoms with Crippen molar-refractivity contribution < 1.29 is 17.9 Å². The lowest BCUT2D eigenvalue weighted by Gasteiger charge is -2.41. The van der Waals surface area contributed by atoms with E-state index in [4.69, 9.17) is 4.74 Å². The summed E-state index contributed by atoms with van der Waals surface area (Å²) in [5.74, 6) is -0.135. The number of amides is 1. The average molecular weight is 432 g/mol. The number of rotatable bonds is 7. The Balaban J connectivity index is 1.71. The van der Waals surface area contributed by atoms with Crippen LogP contribution in [0.2, 0.25) is 0 Å². The van der Waals surface area contributed by atoms with Crippen LogP contribution in [0.3, 0.4) is 0 Å². The third-order valence-electron chi connectivity index (χ3n) is 5.65. The second-order valence-electron chi connectivity index (χ2n) is 8.01. The van der Waals surface area contributed by atoms with Crippen molar-refractivity contribution in [3.05, 3.63) is 59.2 Å². The Bertz CT molecular complexity index is 1030. The summed E-state index contributed by atoms with van der Waals surface area (Å²) < 4.78 is 31.9. The number of nitrogens with one attached hydrogen (secondary N) is 2. The van der Waals surface area contributed by atoms with E-state index in [0.29, 0.717) is 6.54 Å². The number of carbonyl (C=O) groups is 1. The van der Waals surface area contributed by atoms with Gasteiger partial charge in [0, 0.05) is 30.7 Å². The molecule has 0 aliphatic carbocycles. The minimum Gasteiger partial charge on any atom is -0.495 e. The Kier molecular flexibility index (Phi) is 6.50. The van der Waals surface area contributed by atoms with Gasteiger partial charge in [-0.1, -0.05) is 24.3 Å². The molecule has 0 unspecified atom stereocenters. The van der Waals surface area contributed by atoms with Crippen LogP contribution in [0.5, 0.6) is 5.75 Å². The van der Waals surface area contributed by atoms with Gasteiger partial charge in [0.05, 0.1) is 7.11 Å². The highest BCUT2D eigenvalue weighted by molar-refractivity contribution is 7.89. The van der Waals surface area contributed by atoms with Gasteiger partial charge in [-0.3, -0.25) is 9.69 Å². The molecule has 0 bridgehead atoms. The number of sulfonamides is 1. The van der Waals surface area contributed by atoms with Crippen molar-refractivity contribution in [2.24, 2.45) is 0 Å². The van der Waals surface area contributed by atoms with Crippen LogP contribution in [0.4, 0.5) is 0 Å². The highest BCUT2D eigenvalue weighted by Crippen LogP contribution is 2.26. The van der Waals surface area contributed by atoms with Crippen molar-refractivity contribution in [2.75, 3.05) is 27.2 Å². The molecule has 0 spiro atoms. The molecule has 2 aromatic rings. The molecule has 0 saturated carbocycles. The Morgan fingerprint density at radius 3 is 2.53 bits per heavy atom. The molecular formula is C22H29N3O4S. The molecule has 1 amide bonds. The van der Waals surface area contributed by atoms with Crippen molar-refractivity contribution in [3.8, 4) is 5.75 Å². The SMILES string of the molecule is CNS(=O)(=O)c1cc(C(=O)NCC(C)(C)N2CCc3ccccc3C2)ccc1OC. The lowest BCUT2D eigenvalue weighted by atomic mass is 9.94. The molecule has 1 heterocycles. The van der Waals surface area contributed by atoms with E-state index in [2.05, 4.69) is 53.1 Å². The van der Waals surface area contributed by atoms with E-state index in [9.17, 15) is 13.2 Å². The van der Waals surface area contributed by atoms with Crippen LogP contribution < -0.4 is 14.8 Å². The van der Waals surface area contributed by atoms with E-state index in [1.807, 2.05) is 0 Å². The van der Waals surface area contributed by atoms with Crippen LogP contribution in [0.25, 0.3) is 0 Å². The first kappa shape index (κ1) is 22.3. The quantitative estimate of drug-likeness (QED) is 0.702. The number of nitrogens with zero attached hydrogens (tertiary/aromatic N) is 1. The zero-order valence-corrected chi connectivity index (χ0v) is 18.7. The lowest BCUT2D eigenvalue weighted by Crippen LogP contribution is -2.53. The van der Waals surface area contributed by atoms with Crippen LogP contribution in [0, 0.1) is 0 Å². The molecule has 0 fully saturated rings. The Labute approximate surface area is 178 Å². The van der Waals surface area contributed by atoms with Crippen molar-refractivity contribution in [2.45, 2.75) is 37.2 Å². The smallest absolute Gasteiger partial charge is 0.251 e. The summed E-state index contributed by atoms with van der Waals surface area (Å²) in [6, 6.07) is 12.8. The van der Waals surface area contributed by atoms with Gasteiger partial charge in [0.25, 0.3) is 5.91 Å². The molecule has 162 valence electrons. The predicted molar refractivity (Wildman–Crippen MR) is 116 cm³/mol. The fourth-order valence-electron chi connectivity index (χ4n) is 3.66. The third kappa shape index (κ3) is 4.66. The van der Waals surface area contributed by atoms with Gasteiger partial charge in [-0.2, -0.15) is 0 Å². The van der Waals surface area contributed by atoms with Crippen molar-refractivity contribution in [1.82, 2.24) is 14.9 Å². The summed E-state index contributed by atoms with van der Waals surface area (Å²) >= 11 is 0. The van der Waals surface area contributed by atoms with Gasteiger partial charge >= 0.3 is 0 Å². The molecule has 7 nitrogen and oxygen atoms in total. The molecule has 1 aliphatic heterocycles. The zero-order chi connectivity index (χ0) is 21.9. The Hall–Kier alpha value is -2.42. The number of benzene rings is 2. The van der Waals surface area contributed by atoms with Crippen molar-refractivity contribution >= 4 is 15.9 Å². The summed E-state index contributed by atoms with van der Waals surface area (Å²) in [6.07, 6.45) is 0.983. The standard InChI is InChI=1S/C22H29N3O4S/c1-22(2,25-12-11-16-7-5-6-8-18(16)14-25)15-24-21(26)17-9-10-19(29-4)20(13-17)30(27,28)23-3/h5-10,13,23H,11-12,14-15H2,1-4H3,(H,24,26). The van der Waals surface area contributed by atoms with Crippen molar-refractivity contribution in [1.29, 1.82) is 0 Å². The van der Waals surface area contributed by atoms with Gasteiger partial charge in [0.2, 0.25) is 10.0 Å². The molecule has 0 radical (unpaired) electrons. The summed E-state index contributed by atoms with van der Waals surface area (Å²) in [6.45, 7) is 6.41. The summed E-state index contributed by atoms with van der Waals surface area (Å²) in [7, 11) is -1.04. The van der Waals surface area contributed by atoms with E-state index in [0.717, 1.165) is 19.5 Å². The van der Waals surface area contributed by atoms with Gasteiger partial charge in [-0.25, -0.2) is 13.1 Å². The number of carbonyl (C=O) groups excluding carboxylic acids is 1. The highest BCUT2D eigenvalue weighted by atomic mass is 32.2. The fourth-order valence-corrected chi connectivity index (χ4v) is 4.58. The molecule has 2 N–H and O–H groups in total. The van der Waals surface area contributed by atoms with Gasteiger partial charge in [0.15, 0.2) is 0 Å². The first-order chi connectivity index (χ1) is 14.2. The fraction of sp³-hybridized carbons (Fsp3) is 0.409. The minimum absolute atomic E-state index is 0.0629. The number of hydrogen-bond donors (Lipinski definition) is 2. The van der Waals surface area contributed by atoms with E-state index in [1.54, 1.807) is 6.07 Å². The summed E-state index contributed by atoms with van der Waals surface area (Å²) in [5, 5.41) is 2.96. The van der Waals surface area contributed by atoms with Crippen molar-refractivity contribution in [3.63, 3.8) is 0 Å². The van der Waals surface area contributed by atoms with Gasteiger partial charge < -0.3 is 10.1 Å². The van der Waals surface area contributed by atoms with E-state index < -0.39 is 10.0 Å². The molecule has 2 aromatic carbocycles. The molecule has 0 atom stereocenters. The van der Waals surface area contributed by atoms with Crippen LogP contribution in [-0.4, -0.2) is 52.0 Å².